The summed E-state index contributed by atoms with van der Waals surface area (Å²) in [4.78, 5) is 4.47. The molecule has 6 nitrogen and oxygen atoms in total. The molecule has 0 spiro atoms. The molecule has 0 amide bonds. The Morgan fingerprint density at radius 1 is 1.22 bits per heavy atom. The fourth-order valence-electron chi connectivity index (χ4n) is 2.16. The molecule has 0 aliphatic rings. The molecule has 0 bridgehead atoms. The van der Waals surface area contributed by atoms with Crippen molar-refractivity contribution in [3.63, 3.8) is 0 Å². The molecule has 1 atom stereocenters. The Morgan fingerprint density at radius 2 is 1.96 bits per heavy atom. The second-order valence-corrected chi connectivity index (χ2v) is 6.46. The number of para-hydroxylation sites is 1. The maximum absolute atomic E-state index is 5.44. The largest absolute Gasteiger partial charge is 0.493 e. The second-order valence-electron chi connectivity index (χ2n) is 6.46. The monoisotopic (exact) mass is 319 g/mol. The van der Waals surface area contributed by atoms with Crippen molar-refractivity contribution >= 4 is 0 Å². The number of hydrogen-bond donors (Lipinski definition) is 1. The number of ether oxygens (including phenoxy) is 2. The molecule has 1 unspecified atom stereocenters. The van der Waals surface area contributed by atoms with Crippen LogP contribution in [0.25, 0.3) is 0 Å². The number of hydrogen-bond acceptors (Lipinski definition) is 6. The highest BCUT2D eigenvalue weighted by Gasteiger charge is 2.23. The van der Waals surface area contributed by atoms with Crippen molar-refractivity contribution < 1.29 is 14.0 Å². The minimum atomic E-state index is -0.127. The van der Waals surface area contributed by atoms with Crippen LogP contribution in [0, 0.1) is 0 Å². The van der Waals surface area contributed by atoms with Crippen molar-refractivity contribution in [2.24, 2.45) is 0 Å². The molecule has 0 radical (unpaired) electrons. The van der Waals surface area contributed by atoms with Crippen LogP contribution >= 0.6 is 0 Å². The fraction of sp³-hybridized carbons (Fsp3) is 0.529. The van der Waals surface area contributed by atoms with Crippen LogP contribution in [0.15, 0.2) is 22.7 Å². The maximum Gasteiger partial charge on any atom is 0.243 e. The lowest BCUT2D eigenvalue weighted by atomic mass is 9.96. The number of aromatic nitrogens is 2. The molecule has 2 rings (SSSR count). The van der Waals surface area contributed by atoms with E-state index in [-0.39, 0.29) is 11.5 Å². The van der Waals surface area contributed by atoms with E-state index in [9.17, 15) is 0 Å². The highest BCUT2D eigenvalue weighted by Crippen LogP contribution is 2.31. The van der Waals surface area contributed by atoms with Gasteiger partial charge in [0, 0.05) is 17.5 Å². The molecule has 6 heteroatoms. The normalized spacial score (nSPS) is 13.0. The molecule has 1 heterocycles. The van der Waals surface area contributed by atoms with E-state index < -0.39 is 0 Å². The van der Waals surface area contributed by atoms with Crippen LogP contribution in [0.5, 0.6) is 11.5 Å². The van der Waals surface area contributed by atoms with Gasteiger partial charge < -0.3 is 19.3 Å². The van der Waals surface area contributed by atoms with Crippen LogP contribution in [0.2, 0.25) is 0 Å². The molecule has 0 fully saturated rings. The van der Waals surface area contributed by atoms with Gasteiger partial charge >= 0.3 is 0 Å². The minimum absolute atomic E-state index is 0.0606. The van der Waals surface area contributed by atoms with E-state index in [4.69, 9.17) is 14.0 Å². The van der Waals surface area contributed by atoms with Crippen LogP contribution in [0.3, 0.4) is 0 Å². The first-order valence-electron chi connectivity index (χ1n) is 7.64. The first-order valence-corrected chi connectivity index (χ1v) is 7.64. The zero-order valence-corrected chi connectivity index (χ0v) is 14.6. The predicted molar refractivity (Wildman–Crippen MR) is 87.8 cm³/mol. The summed E-state index contributed by atoms with van der Waals surface area (Å²) in [6.45, 7) is 8.77. The van der Waals surface area contributed by atoms with Gasteiger partial charge in [0.25, 0.3) is 0 Å². The van der Waals surface area contributed by atoms with Gasteiger partial charge in [0.2, 0.25) is 5.89 Å². The molecule has 1 N–H and O–H groups in total. The first kappa shape index (κ1) is 17.3. The average molecular weight is 319 g/mol. The zero-order chi connectivity index (χ0) is 17.0. The van der Waals surface area contributed by atoms with E-state index >= 15 is 0 Å². The van der Waals surface area contributed by atoms with Crippen LogP contribution < -0.4 is 14.8 Å². The molecule has 2 aromatic rings. The maximum atomic E-state index is 5.44. The molecule has 0 saturated carbocycles. The fourth-order valence-corrected chi connectivity index (χ4v) is 2.16. The molecule has 1 aromatic carbocycles. The van der Waals surface area contributed by atoms with Gasteiger partial charge in [0.1, 0.15) is 0 Å². The van der Waals surface area contributed by atoms with E-state index in [1.54, 1.807) is 14.2 Å². The Morgan fingerprint density at radius 3 is 2.52 bits per heavy atom. The quantitative estimate of drug-likeness (QED) is 0.881. The van der Waals surface area contributed by atoms with E-state index in [0.29, 0.717) is 24.0 Å². The van der Waals surface area contributed by atoms with E-state index in [1.807, 2.05) is 25.1 Å². The SMILES string of the molecule is COc1cccc(CNC(C)c2nc(C(C)(C)C)no2)c1OC. The molecule has 23 heavy (non-hydrogen) atoms. The molecular weight excluding hydrogens is 294 g/mol. The minimum Gasteiger partial charge on any atom is -0.493 e. The van der Waals surface area contributed by atoms with Gasteiger partial charge in [-0.15, -0.1) is 0 Å². The Bertz CT molecular complexity index is 647. The summed E-state index contributed by atoms with van der Waals surface area (Å²) < 4.78 is 16.1. The third-order valence-electron chi connectivity index (χ3n) is 3.57. The lowest BCUT2D eigenvalue weighted by Gasteiger charge is -2.15. The molecule has 0 aliphatic carbocycles. The van der Waals surface area contributed by atoms with Crippen molar-refractivity contribution in [3.8, 4) is 11.5 Å². The number of methoxy groups -OCH3 is 2. The first-order chi connectivity index (χ1) is 10.9. The van der Waals surface area contributed by atoms with Crippen molar-refractivity contribution in [1.29, 1.82) is 0 Å². The topological polar surface area (TPSA) is 69.4 Å². The van der Waals surface area contributed by atoms with Gasteiger partial charge in [0.15, 0.2) is 17.3 Å². The Hall–Kier alpha value is -2.08. The summed E-state index contributed by atoms with van der Waals surface area (Å²) in [6, 6.07) is 5.75. The van der Waals surface area contributed by atoms with E-state index in [2.05, 4.69) is 36.2 Å². The van der Waals surface area contributed by atoms with E-state index in [1.165, 1.54) is 0 Å². The van der Waals surface area contributed by atoms with Gasteiger partial charge in [-0.2, -0.15) is 4.98 Å². The molecule has 0 aliphatic heterocycles. The van der Waals surface area contributed by atoms with Gasteiger partial charge in [-0.25, -0.2) is 0 Å². The molecule has 126 valence electrons. The lowest BCUT2D eigenvalue weighted by Crippen LogP contribution is -2.19. The summed E-state index contributed by atoms with van der Waals surface area (Å²) >= 11 is 0. The summed E-state index contributed by atoms with van der Waals surface area (Å²) in [5.74, 6) is 2.74. The third-order valence-corrected chi connectivity index (χ3v) is 3.57. The van der Waals surface area contributed by atoms with Crippen molar-refractivity contribution in [1.82, 2.24) is 15.5 Å². The highest BCUT2D eigenvalue weighted by molar-refractivity contribution is 5.46. The summed E-state index contributed by atoms with van der Waals surface area (Å²) in [5.41, 5.74) is 0.881. The number of nitrogens with zero attached hydrogens (tertiary/aromatic N) is 2. The smallest absolute Gasteiger partial charge is 0.243 e. The van der Waals surface area contributed by atoms with Gasteiger partial charge in [0.05, 0.1) is 20.3 Å². The Labute approximate surface area is 137 Å². The second kappa shape index (κ2) is 7.00. The lowest BCUT2D eigenvalue weighted by molar-refractivity contribution is 0.327. The molecule has 0 saturated heterocycles. The molecule has 1 aromatic heterocycles. The van der Waals surface area contributed by atoms with Crippen LogP contribution in [-0.2, 0) is 12.0 Å². The van der Waals surface area contributed by atoms with Gasteiger partial charge in [-0.3, -0.25) is 0 Å². The summed E-state index contributed by atoms with van der Waals surface area (Å²) in [7, 11) is 3.27. The number of nitrogens with one attached hydrogen (secondary N) is 1. The Balaban J connectivity index is 2.07. The van der Waals surface area contributed by atoms with Crippen LogP contribution in [0.1, 0.15) is 51.0 Å². The van der Waals surface area contributed by atoms with Crippen molar-refractivity contribution in [2.75, 3.05) is 14.2 Å². The van der Waals surface area contributed by atoms with Crippen LogP contribution in [-0.4, -0.2) is 24.4 Å². The summed E-state index contributed by atoms with van der Waals surface area (Å²) in [6.07, 6.45) is 0. The van der Waals surface area contributed by atoms with Gasteiger partial charge in [-0.05, 0) is 13.0 Å². The van der Waals surface area contributed by atoms with Gasteiger partial charge in [-0.1, -0.05) is 38.1 Å². The molecular formula is C17H25N3O3. The predicted octanol–water partition coefficient (Wildman–Crippen LogP) is 3.24. The van der Waals surface area contributed by atoms with E-state index in [0.717, 1.165) is 11.3 Å². The summed E-state index contributed by atoms with van der Waals surface area (Å²) in [5, 5.41) is 7.43. The number of rotatable bonds is 6. The Kier molecular flexibility index (Phi) is 5.26. The van der Waals surface area contributed by atoms with Crippen LogP contribution in [0.4, 0.5) is 0 Å². The zero-order valence-electron chi connectivity index (χ0n) is 14.6. The number of benzene rings is 1. The van der Waals surface area contributed by atoms with Crippen molar-refractivity contribution in [2.45, 2.75) is 45.7 Å². The van der Waals surface area contributed by atoms with Crippen molar-refractivity contribution in [3.05, 3.63) is 35.5 Å². The standard InChI is InChI=1S/C17H25N3O3/c1-11(15-19-16(20-23-15)17(2,3)4)18-10-12-8-7-9-13(21-5)14(12)22-6/h7-9,11,18H,10H2,1-6H3. The average Bonchev–Trinajstić information content (AvgIpc) is 3.02. The third kappa shape index (κ3) is 4.01. The highest BCUT2D eigenvalue weighted by atomic mass is 16.5.